The monoisotopic (exact) mass is 591 g/mol. The first kappa shape index (κ1) is 30.3. The van der Waals surface area contributed by atoms with Crippen molar-refractivity contribution < 1.29 is 22.7 Å². The summed E-state index contributed by atoms with van der Waals surface area (Å²) >= 11 is 12.4. The zero-order valence-electron chi connectivity index (χ0n) is 22.1. The number of anilines is 1. The van der Waals surface area contributed by atoms with Gasteiger partial charge >= 0.3 is 0 Å². The average molecular weight is 593 g/mol. The fraction of sp³-hybridized carbons (Fsp3) is 0.286. The Hall–Kier alpha value is -3.27. The Kier molecular flexibility index (Phi) is 10.2. The minimum atomic E-state index is -4.17. The molecular weight excluding hydrogens is 561 g/mol. The standard InChI is InChI=1S/C28H31Cl2N3O5S/c1-19(2)31-28(35)20(3)32(17-21-13-14-22(29)15-26(21)30)27(34)18-33(23-9-8-10-24(16-23)38-4)39(36,37)25-11-6-5-7-12-25/h5-16,19-20H,17-18H2,1-4H3,(H,31,35)/t20-/m0/s1. The van der Waals surface area contributed by atoms with Gasteiger partial charge in [-0.2, -0.15) is 0 Å². The summed E-state index contributed by atoms with van der Waals surface area (Å²) in [7, 11) is -2.71. The number of carbonyl (C=O) groups is 2. The highest BCUT2D eigenvalue weighted by atomic mass is 35.5. The van der Waals surface area contributed by atoms with Crippen molar-refractivity contribution in [2.24, 2.45) is 0 Å². The number of ether oxygens (including phenoxy) is 1. The van der Waals surface area contributed by atoms with Crippen molar-refractivity contribution in [3.05, 3.63) is 88.4 Å². The molecule has 208 valence electrons. The lowest BCUT2D eigenvalue weighted by molar-refractivity contribution is -0.139. The molecule has 8 nitrogen and oxygen atoms in total. The van der Waals surface area contributed by atoms with Crippen molar-refractivity contribution in [1.82, 2.24) is 10.2 Å². The van der Waals surface area contributed by atoms with Crippen LogP contribution >= 0.6 is 23.2 Å². The summed E-state index contributed by atoms with van der Waals surface area (Å²) in [6.07, 6.45) is 0. The molecule has 0 spiro atoms. The molecular formula is C28H31Cl2N3O5S. The molecule has 11 heteroatoms. The smallest absolute Gasteiger partial charge is 0.264 e. The summed E-state index contributed by atoms with van der Waals surface area (Å²) in [6, 6.07) is 18.0. The van der Waals surface area contributed by atoms with E-state index in [0.29, 0.717) is 21.4 Å². The summed E-state index contributed by atoms with van der Waals surface area (Å²) in [5, 5.41) is 3.55. The predicted molar refractivity (Wildman–Crippen MR) is 154 cm³/mol. The number of carbonyl (C=O) groups excluding carboxylic acids is 2. The van der Waals surface area contributed by atoms with Crippen LogP contribution in [0, 0.1) is 0 Å². The zero-order chi connectivity index (χ0) is 28.7. The molecule has 0 fully saturated rings. The second-order valence-electron chi connectivity index (χ2n) is 9.12. The Bertz CT molecular complexity index is 1420. The number of nitrogens with zero attached hydrogens (tertiary/aromatic N) is 2. The zero-order valence-corrected chi connectivity index (χ0v) is 24.4. The van der Waals surface area contributed by atoms with Crippen molar-refractivity contribution in [3.63, 3.8) is 0 Å². The van der Waals surface area contributed by atoms with E-state index >= 15 is 0 Å². The molecule has 3 aromatic rings. The number of hydrogen-bond donors (Lipinski definition) is 1. The molecule has 3 aromatic carbocycles. The van der Waals surface area contributed by atoms with E-state index < -0.39 is 28.5 Å². The van der Waals surface area contributed by atoms with Crippen molar-refractivity contribution in [1.29, 1.82) is 0 Å². The maximum atomic E-state index is 13.9. The van der Waals surface area contributed by atoms with Crippen LogP contribution in [0.3, 0.4) is 0 Å². The van der Waals surface area contributed by atoms with Gasteiger partial charge in [0.05, 0.1) is 17.7 Å². The lowest BCUT2D eigenvalue weighted by atomic mass is 10.1. The Morgan fingerprint density at radius 3 is 2.26 bits per heavy atom. The molecule has 0 bridgehead atoms. The Balaban J connectivity index is 2.06. The van der Waals surface area contributed by atoms with Crippen LogP contribution in [0.15, 0.2) is 77.7 Å². The predicted octanol–water partition coefficient (Wildman–Crippen LogP) is 5.14. The van der Waals surface area contributed by atoms with Gasteiger partial charge in [-0.15, -0.1) is 0 Å². The number of nitrogens with one attached hydrogen (secondary N) is 1. The second kappa shape index (κ2) is 13.2. The molecule has 0 radical (unpaired) electrons. The largest absolute Gasteiger partial charge is 0.497 e. The summed E-state index contributed by atoms with van der Waals surface area (Å²) < 4.78 is 33.9. The molecule has 2 amide bonds. The fourth-order valence-electron chi connectivity index (χ4n) is 3.84. The van der Waals surface area contributed by atoms with Crippen LogP contribution in [0.4, 0.5) is 5.69 Å². The highest BCUT2D eigenvalue weighted by Gasteiger charge is 2.33. The van der Waals surface area contributed by atoms with Crippen LogP contribution in [0.5, 0.6) is 5.75 Å². The molecule has 0 saturated carbocycles. The summed E-state index contributed by atoms with van der Waals surface area (Å²) in [6.45, 7) is 4.59. The van der Waals surface area contributed by atoms with Gasteiger partial charge in [0.2, 0.25) is 11.8 Å². The van der Waals surface area contributed by atoms with Gasteiger partial charge in [-0.3, -0.25) is 13.9 Å². The van der Waals surface area contributed by atoms with E-state index in [1.807, 2.05) is 13.8 Å². The van der Waals surface area contributed by atoms with E-state index in [-0.39, 0.29) is 29.1 Å². The first-order chi connectivity index (χ1) is 18.4. The number of halogens is 2. The van der Waals surface area contributed by atoms with E-state index in [2.05, 4.69) is 5.32 Å². The van der Waals surface area contributed by atoms with Crippen LogP contribution in [0.25, 0.3) is 0 Å². The molecule has 0 aliphatic rings. The molecule has 1 atom stereocenters. The van der Waals surface area contributed by atoms with E-state index in [1.54, 1.807) is 61.5 Å². The normalized spacial score (nSPS) is 12.1. The molecule has 0 aliphatic carbocycles. The summed E-state index contributed by atoms with van der Waals surface area (Å²) in [5.41, 5.74) is 0.785. The summed E-state index contributed by atoms with van der Waals surface area (Å²) in [5.74, 6) is -0.570. The SMILES string of the molecule is COc1cccc(N(CC(=O)N(Cc2ccc(Cl)cc2Cl)[C@@H](C)C(=O)NC(C)C)S(=O)(=O)c2ccccc2)c1. The van der Waals surface area contributed by atoms with Crippen LogP contribution in [-0.2, 0) is 26.2 Å². The molecule has 0 saturated heterocycles. The summed E-state index contributed by atoms with van der Waals surface area (Å²) in [4.78, 5) is 28.2. The second-order valence-corrected chi connectivity index (χ2v) is 11.8. The molecule has 3 rings (SSSR count). The maximum Gasteiger partial charge on any atom is 0.264 e. The Morgan fingerprint density at radius 1 is 0.949 bits per heavy atom. The molecule has 0 heterocycles. The van der Waals surface area contributed by atoms with Crippen LogP contribution in [0.1, 0.15) is 26.3 Å². The van der Waals surface area contributed by atoms with Crippen molar-refractivity contribution in [2.75, 3.05) is 18.0 Å². The van der Waals surface area contributed by atoms with Crippen molar-refractivity contribution in [3.8, 4) is 5.75 Å². The van der Waals surface area contributed by atoms with Gasteiger partial charge in [0, 0.05) is 28.7 Å². The first-order valence-electron chi connectivity index (χ1n) is 12.2. The van der Waals surface area contributed by atoms with Gasteiger partial charge in [-0.05, 0) is 62.7 Å². The highest BCUT2D eigenvalue weighted by molar-refractivity contribution is 7.92. The van der Waals surface area contributed by atoms with Crippen LogP contribution < -0.4 is 14.4 Å². The number of rotatable bonds is 11. The molecule has 39 heavy (non-hydrogen) atoms. The molecule has 0 unspecified atom stereocenters. The minimum Gasteiger partial charge on any atom is -0.497 e. The number of benzene rings is 3. The first-order valence-corrected chi connectivity index (χ1v) is 14.4. The van der Waals surface area contributed by atoms with E-state index in [9.17, 15) is 18.0 Å². The third-order valence-electron chi connectivity index (χ3n) is 5.91. The maximum absolute atomic E-state index is 13.9. The topological polar surface area (TPSA) is 96.0 Å². The van der Waals surface area contributed by atoms with E-state index in [4.69, 9.17) is 27.9 Å². The lowest BCUT2D eigenvalue weighted by Gasteiger charge is -2.32. The number of methoxy groups -OCH3 is 1. The van der Waals surface area contributed by atoms with Gasteiger partial charge in [-0.25, -0.2) is 8.42 Å². The Labute approximate surface area is 239 Å². The van der Waals surface area contributed by atoms with Gasteiger partial charge in [0.15, 0.2) is 0 Å². The van der Waals surface area contributed by atoms with E-state index in [0.717, 1.165) is 4.31 Å². The van der Waals surface area contributed by atoms with Crippen LogP contribution in [-0.4, -0.2) is 50.9 Å². The number of hydrogen-bond acceptors (Lipinski definition) is 5. The molecule has 0 aliphatic heterocycles. The van der Waals surface area contributed by atoms with Crippen LogP contribution in [0.2, 0.25) is 10.0 Å². The fourth-order valence-corrected chi connectivity index (χ4v) is 5.73. The molecule has 0 aromatic heterocycles. The van der Waals surface area contributed by atoms with E-state index in [1.165, 1.54) is 30.2 Å². The Morgan fingerprint density at radius 2 is 1.64 bits per heavy atom. The third kappa shape index (κ3) is 7.65. The highest BCUT2D eigenvalue weighted by Crippen LogP contribution is 2.28. The average Bonchev–Trinajstić information content (AvgIpc) is 2.90. The van der Waals surface area contributed by atoms with Crippen molar-refractivity contribution >= 4 is 50.7 Å². The lowest BCUT2D eigenvalue weighted by Crippen LogP contribution is -2.52. The minimum absolute atomic E-state index is 0.0125. The van der Waals surface area contributed by atoms with Gasteiger partial charge < -0.3 is 15.0 Å². The third-order valence-corrected chi connectivity index (χ3v) is 8.28. The molecule has 1 N–H and O–H groups in total. The van der Waals surface area contributed by atoms with Gasteiger partial charge in [0.25, 0.3) is 10.0 Å². The quantitative estimate of drug-likeness (QED) is 0.333. The van der Waals surface area contributed by atoms with Crippen molar-refractivity contribution in [2.45, 2.75) is 44.3 Å². The van der Waals surface area contributed by atoms with Gasteiger partial charge in [-0.1, -0.05) is 53.5 Å². The number of amides is 2. The number of sulfonamides is 1. The van der Waals surface area contributed by atoms with Gasteiger partial charge in [0.1, 0.15) is 18.3 Å².